The predicted molar refractivity (Wildman–Crippen MR) is 76.5 cm³/mol. The normalized spacial score (nSPS) is 25.1. The standard InChI is InChI=1S/C13H15FN6/c1-15-12-18-7-9(14)11(20-12)10-4-5-16-13(19-10)17-6-8-2-3-8/h4-5,7-9,12H,1-3,6H2,(H,16,17,19). The van der Waals surface area contributed by atoms with Crippen LogP contribution in [0.5, 0.6) is 0 Å². The first kappa shape index (κ1) is 12.8. The molecule has 2 heterocycles. The minimum atomic E-state index is -1.38. The lowest BCUT2D eigenvalue weighted by Crippen LogP contribution is -2.26. The van der Waals surface area contributed by atoms with E-state index >= 15 is 0 Å². The largest absolute Gasteiger partial charge is 0.354 e. The van der Waals surface area contributed by atoms with Crippen LogP contribution in [0.25, 0.3) is 0 Å². The molecule has 0 amide bonds. The van der Waals surface area contributed by atoms with E-state index in [0.29, 0.717) is 17.6 Å². The number of rotatable bonds is 5. The van der Waals surface area contributed by atoms with Gasteiger partial charge < -0.3 is 5.32 Å². The van der Waals surface area contributed by atoms with Crippen LogP contribution >= 0.6 is 0 Å². The van der Waals surface area contributed by atoms with Crippen molar-refractivity contribution >= 4 is 24.6 Å². The minimum absolute atomic E-state index is 0.217. The van der Waals surface area contributed by atoms with E-state index < -0.39 is 12.5 Å². The van der Waals surface area contributed by atoms with Gasteiger partial charge in [-0.05, 0) is 31.5 Å². The van der Waals surface area contributed by atoms with Crippen molar-refractivity contribution in [2.24, 2.45) is 20.9 Å². The summed E-state index contributed by atoms with van der Waals surface area (Å²) in [6, 6.07) is 1.63. The molecule has 1 fully saturated rings. The molecular weight excluding hydrogens is 259 g/mol. The number of hydrogen-bond acceptors (Lipinski definition) is 6. The van der Waals surface area contributed by atoms with E-state index in [1.54, 1.807) is 12.3 Å². The highest BCUT2D eigenvalue weighted by atomic mass is 19.1. The molecule has 6 nitrogen and oxygen atoms in total. The Morgan fingerprint density at radius 1 is 1.45 bits per heavy atom. The van der Waals surface area contributed by atoms with Gasteiger partial charge in [0, 0.05) is 19.0 Å². The topological polar surface area (TPSA) is 74.9 Å². The molecular formula is C13H15FN6. The molecule has 1 aliphatic carbocycles. The Bertz CT molecular complexity index is 566. The molecule has 1 aliphatic heterocycles. The maximum atomic E-state index is 13.9. The highest BCUT2D eigenvalue weighted by Crippen LogP contribution is 2.28. The van der Waals surface area contributed by atoms with Gasteiger partial charge in [0.2, 0.25) is 12.2 Å². The number of aromatic nitrogens is 2. The van der Waals surface area contributed by atoms with Crippen molar-refractivity contribution in [1.82, 2.24) is 9.97 Å². The summed E-state index contributed by atoms with van der Waals surface area (Å²) >= 11 is 0. The van der Waals surface area contributed by atoms with Gasteiger partial charge in [-0.15, -0.1) is 0 Å². The van der Waals surface area contributed by atoms with Crippen LogP contribution in [0.3, 0.4) is 0 Å². The Morgan fingerprint density at radius 2 is 2.30 bits per heavy atom. The average Bonchev–Trinajstić information content (AvgIpc) is 3.30. The van der Waals surface area contributed by atoms with E-state index in [1.165, 1.54) is 19.1 Å². The molecule has 0 aromatic carbocycles. The molecule has 1 aromatic rings. The van der Waals surface area contributed by atoms with Gasteiger partial charge in [0.05, 0.1) is 5.69 Å². The van der Waals surface area contributed by atoms with Gasteiger partial charge >= 0.3 is 0 Å². The van der Waals surface area contributed by atoms with Crippen LogP contribution < -0.4 is 5.32 Å². The molecule has 1 aromatic heterocycles. The van der Waals surface area contributed by atoms with Crippen LogP contribution in [0.4, 0.5) is 10.3 Å². The molecule has 1 saturated carbocycles. The Labute approximate surface area is 116 Å². The third kappa shape index (κ3) is 2.87. The van der Waals surface area contributed by atoms with E-state index in [1.807, 2.05) is 0 Å². The lowest BCUT2D eigenvalue weighted by Gasteiger charge is -2.15. The van der Waals surface area contributed by atoms with Crippen molar-refractivity contribution in [3.05, 3.63) is 18.0 Å². The van der Waals surface area contributed by atoms with E-state index in [-0.39, 0.29) is 5.71 Å². The summed E-state index contributed by atoms with van der Waals surface area (Å²) in [7, 11) is 0. The van der Waals surface area contributed by atoms with E-state index in [0.717, 1.165) is 6.54 Å². The summed E-state index contributed by atoms with van der Waals surface area (Å²) in [5, 5.41) is 3.16. The number of hydrogen-bond donors (Lipinski definition) is 1. The van der Waals surface area contributed by atoms with Gasteiger partial charge in [-0.25, -0.2) is 24.3 Å². The van der Waals surface area contributed by atoms with Gasteiger partial charge in [0.15, 0.2) is 6.17 Å². The number of alkyl halides is 1. The fraction of sp³-hybridized carbons (Fsp3) is 0.462. The van der Waals surface area contributed by atoms with Crippen LogP contribution in [0.15, 0.2) is 27.2 Å². The number of nitrogens with one attached hydrogen (secondary N) is 1. The molecule has 104 valence electrons. The predicted octanol–water partition coefficient (Wildman–Crippen LogP) is 1.49. The van der Waals surface area contributed by atoms with Crippen molar-refractivity contribution in [3.8, 4) is 0 Å². The highest BCUT2D eigenvalue weighted by Gasteiger charge is 2.23. The smallest absolute Gasteiger partial charge is 0.233 e. The van der Waals surface area contributed by atoms with Crippen molar-refractivity contribution in [2.45, 2.75) is 25.3 Å². The van der Waals surface area contributed by atoms with Gasteiger partial charge in [-0.2, -0.15) is 0 Å². The molecule has 0 saturated heterocycles. The van der Waals surface area contributed by atoms with Gasteiger partial charge in [-0.3, -0.25) is 4.99 Å². The summed E-state index contributed by atoms with van der Waals surface area (Å²) in [6.07, 6.45) is 3.20. The summed E-state index contributed by atoms with van der Waals surface area (Å²) in [5.74, 6) is 1.21. The lowest BCUT2D eigenvalue weighted by atomic mass is 10.1. The quantitative estimate of drug-likeness (QED) is 0.827. The zero-order valence-corrected chi connectivity index (χ0v) is 10.9. The van der Waals surface area contributed by atoms with Gasteiger partial charge in [0.25, 0.3) is 0 Å². The Hall–Kier alpha value is -2.18. The van der Waals surface area contributed by atoms with Crippen molar-refractivity contribution in [3.63, 3.8) is 0 Å². The highest BCUT2D eigenvalue weighted by molar-refractivity contribution is 6.11. The first-order valence-electron chi connectivity index (χ1n) is 6.54. The fourth-order valence-corrected chi connectivity index (χ4v) is 1.89. The van der Waals surface area contributed by atoms with Gasteiger partial charge in [0.1, 0.15) is 5.71 Å². The first-order chi connectivity index (χ1) is 9.76. The summed E-state index contributed by atoms with van der Waals surface area (Å²) < 4.78 is 13.9. The monoisotopic (exact) mass is 274 g/mol. The molecule has 0 bridgehead atoms. The molecule has 7 heteroatoms. The summed E-state index contributed by atoms with van der Waals surface area (Å²) in [4.78, 5) is 20.0. The second-order valence-electron chi connectivity index (χ2n) is 4.83. The van der Waals surface area contributed by atoms with Crippen LogP contribution in [0, 0.1) is 5.92 Å². The van der Waals surface area contributed by atoms with Crippen LogP contribution in [-0.4, -0.2) is 47.6 Å². The summed E-state index contributed by atoms with van der Waals surface area (Å²) in [6.45, 7) is 4.23. The lowest BCUT2D eigenvalue weighted by molar-refractivity contribution is 0.508. The second-order valence-corrected chi connectivity index (χ2v) is 4.83. The van der Waals surface area contributed by atoms with Crippen molar-refractivity contribution < 1.29 is 4.39 Å². The molecule has 1 N–H and O–H groups in total. The van der Waals surface area contributed by atoms with Crippen molar-refractivity contribution in [1.29, 1.82) is 0 Å². The Balaban J connectivity index is 1.79. The molecule has 0 radical (unpaired) electrons. The molecule has 2 unspecified atom stereocenters. The van der Waals surface area contributed by atoms with E-state index in [9.17, 15) is 4.39 Å². The second kappa shape index (κ2) is 5.44. The zero-order chi connectivity index (χ0) is 13.9. The van der Waals surface area contributed by atoms with Crippen LogP contribution in [-0.2, 0) is 0 Å². The fourth-order valence-electron chi connectivity index (χ4n) is 1.89. The number of nitrogens with zero attached hydrogens (tertiary/aromatic N) is 5. The maximum absolute atomic E-state index is 13.9. The zero-order valence-electron chi connectivity index (χ0n) is 10.9. The third-order valence-electron chi connectivity index (χ3n) is 3.19. The maximum Gasteiger partial charge on any atom is 0.233 e. The Kier molecular flexibility index (Phi) is 3.49. The molecule has 0 spiro atoms. The number of anilines is 1. The first-order valence-corrected chi connectivity index (χ1v) is 6.54. The van der Waals surface area contributed by atoms with Crippen LogP contribution in [0.2, 0.25) is 0 Å². The number of aliphatic imine (C=N–C) groups is 3. The van der Waals surface area contributed by atoms with Crippen LogP contribution in [0.1, 0.15) is 18.5 Å². The molecule has 3 rings (SSSR count). The van der Waals surface area contributed by atoms with E-state index in [4.69, 9.17) is 0 Å². The third-order valence-corrected chi connectivity index (χ3v) is 3.19. The molecule has 20 heavy (non-hydrogen) atoms. The molecule has 2 atom stereocenters. The van der Waals surface area contributed by atoms with E-state index in [2.05, 4.69) is 37.0 Å². The SMILES string of the molecule is C=NC1N=CC(F)C(c2ccnc(NCC3CC3)n2)=N1. The minimum Gasteiger partial charge on any atom is -0.354 e. The van der Waals surface area contributed by atoms with Crippen molar-refractivity contribution in [2.75, 3.05) is 11.9 Å². The average molecular weight is 274 g/mol. The van der Waals surface area contributed by atoms with Gasteiger partial charge in [-0.1, -0.05) is 0 Å². The summed E-state index contributed by atoms with van der Waals surface area (Å²) in [5.41, 5.74) is 0.667. The molecule has 2 aliphatic rings. The Morgan fingerprint density at radius 3 is 3.05 bits per heavy atom. The number of halogens is 1.